The van der Waals surface area contributed by atoms with E-state index < -0.39 is 0 Å². The van der Waals surface area contributed by atoms with Crippen molar-refractivity contribution in [1.29, 1.82) is 0 Å². The lowest BCUT2D eigenvalue weighted by atomic mass is 10.1. The Labute approximate surface area is 162 Å². The molecule has 1 unspecified atom stereocenters. The minimum atomic E-state index is -0.115. The summed E-state index contributed by atoms with van der Waals surface area (Å²) in [5, 5.41) is 7.49. The molecule has 27 heavy (non-hydrogen) atoms. The van der Waals surface area contributed by atoms with E-state index in [0.29, 0.717) is 23.0 Å². The minimum Gasteiger partial charge on any atom is -0.490 e. The molecule has 0 radical (unpaired) electrons. The van der Waals surface area contributed by atoms with Gasteiger partial charge in [0.15, 0.2) is 5.76 Å². The van der Waals surface area contributed by atoms with E-state index in [1.165, 1.54) is 5.56 Å². The van der Waals surface area contributed by atoms with E-state index in [0.717, 1.165) is 23.3 Å². The first-order chi connectivity index (χ1) is 13.1. The summed E-state index contributed by atoms with van der Waals surface area (Å²) in [5.41, 5.74) is 3.59. The van der Waals surface area contributed by atoms with Crippen LogP contribution in [-0.4, -0.2) is 17.2 Å². The van der Waals surface area contributed by atoms with Crippen LogP contribution in [0.15, 0.2) is 53.1 Å². The SMILES string of the molecule is CC1Cc2cc(-c3cc(CNC(=O)Cc4ccccc4Cl)no3)ccc2O1. The van der Waals surface area contributed by atoms with Gasteiger partial charge in [-0.05, 0) is 42.3 Å². The summed E-state index contributed by atoms with van der Waals surface area (Å²) in [6, 6.07) is 15.1. The van der Waals surface area contributed by atoms with Crippen molar-refractivity contribution in [1.82, 2.24) is 10.5 Å². The highest BCUT2D eigenvalue weighted by Gasteiger charge is 2.20. The molecule has 0 saturated heterocycles. The van der Waals surface area contributed by atoms with Crippen LogP contribution in [0.4, 0.5) is 0 Å². The van der Waals surface area contributed by atoms with Gasteiger partial charge in [-0.15, -0.1) is 0 Å². The van der Waals surface area contributed by atoms with E-state index in [9.17, 15) is 4.79 Å². The molecule has 3 aromatic rings. The number of ether oxygens (including phenoxy) is 1. The average molecular weight is 383 g/mol. The molecule has 0 fully saturated rings. The first kappa shape index (κ1) is 17.6. The molecule has 2 heterocycles. The molecule has 5 nitrogen and oxygen atoms in total. The third kappa shape index (κ3) is 3.98. The number of hydrogen-bond donors (Lipinski definition) is 1. The number of rotatable bonds is 5. The van der Waals surface area contributed by atoms with Crippen LogP contribution < -0.4 is 10.1 Å². The predicted molar refractivity (Wildman–Crippen MR) is 103 cm³/mol. The lowest BCUT2D eigenvalue weighted by Gasteiger charge is -2.04. The Balaban J connectivity index is 1.38. The molecule has 0 saturated carbocycles. The van der Waals surface area contributed by atoms with Crippen LogP contribution in [0.3, 0.4) is 0 Å². The molecule has 0 bridgehead atoms. The molecular formula is C21H19ClN2O3. The Morgan fingerprint density at radius 2 is 2.11 bits per heavy atom. The number of fused-ring (bicyclic) bond motifs is 1. The van der Waals surface area contributed by atoms with Gasteiger partial charge in [0.05, 0.1) is 13.0 Å². The molecule has 1 atom stereocenters. The Morgan fingerprint density at radius 3 is 2.96 bits per heavy atom. The van der Waals surface area contributed by atoms with Crippen molar-refractivity contribution in [2.75, 3.05) is 0 Å². The molecule has 1 N–H and O–H groups in total. The van der Waals surface area contributed by atoms with E-state index in [4.69, 9.17) is 20.9 Å². The van der Waals surface area contributed by atoms with E-state index in [2.05, 4.69) is 23.5 Å². The molecule has 6 heteroatoms. The normalized spacial score (nSPS) is 15.3. The fraction of sp³-hybridized carbons (Fsp3) is 0.238. The standard InChI is InChI=1S/C21H19ClN2O3/c1-13-8-16-9-15(6-7-19(16)26-13)20-11-17(24-27-20)12-23-21(25)10-14-4-2-3-5-18(14)22/h2-7,9,11,13H,8,10,12H2,1H3,(H,23,25). The van der Waals surface area contributed by atoms with Gasteiger partial charge in [-0.2, -0.15) is 0 Å². The van der Waals surface area contributed by atoms with E-state index in [-0.39, 0.29) is 18.4 Å². The highest BCUT2D eigenvalue weighted by molar-refractivity contribution is 6.31. The number of benzene rings is 2. The van der Waals surface area contributed by atoms with Crippen molar-refractivity contribution in [3.63, 3.8) is 0 Å². The van der Waals surface area contributed by atoms with Crippen molar-refractivity contribution in [3.8, 4) is 17.1 Å². The van der Waals surface area contributed by atoms with Gasteiger partial charge in [-0.3, -0.25) is 4.79 Å². The number of carbonyl (C=O) groups excluding carboxylic acids is 1. The molecule has 2 aromatic carbocycles. The second-order valence-electron chi connectivity index (χ2n) is 6.68. The van der Waals surface area contributed by atoms with Gasteiger partial charge in [0, 0.05) is 23.1 Å². The van der Waals surface area contributed by atoms with Crippen molar-refractivity contribution in [2.45, 2.75) is 32.4 Å². The fourth-order valence-electron chi connectivity index (χ4n) is 3.17. The smallest absolute Gasteiger partial charge is 0.224 e. The van der Waals surface area contributed by atoms with Gasteiger partial charge < -0.3 is 14.6 Å². The van der Waals surface area contributed by atoms with Crippen molar-refractivity contribution >= 4 is 17.5 Å². The van der Waals surface area contributed by atoms with Crippen molar-refractivity contribution in [2.24, 2.45) is 0 Å². The molecule has 1 aliphatic rings. The number of hydrogen-bond acceptors (Lipinski definition) is 4. The van der Waals surface area contributed by atoms with Crippen LogP contribution in [0.1, 0.15) is 23.7 Å². The fourth-order valence-corrected chi connectivity index (χ4v) is 3.38. The Kier molecular flexibility index (Phi) is 4.86. The number of carbonyl (C=O) groups is 1. The molecule has 1 amide bonds. The van der Waals surface area contributed by atoms with Gasteiger partial charge in [0.2, 0.25) is 5.91 Å². The average Bonchev–Trinajstić information content (AvgIpc) is 3.26. The van der Waals surface area contributed by atoms with Gasteiger partial charge in [0.25, 0.3) is 0 Å². The molecule has 0 aliphatic carbocycles. The lowest BCUT2D eigenvalue weighted by Crippen LogP contribution is -2.24. The Bertz CT molecular complexity index is 983. The zero-order chi connectivity index (χ0) is 18.8. The molecule has 1 aromatic heterocycles. The van der Waals surface area contributed by atoms with Crippen LogP contribution in [0.5, 0.6) is 5.75 Å². The summed E-state index contributed by atoms with van der Waals surface area (Å²) >= 11 is 6.09. The topological polar surface area (TPSA) is 64.4 Å². The quantitative estimate of drug-likeness (QED) is 0.719. The third-order valence-electron chi connectivity index (χ3n) is 4.52. The lowest BCUT2D eigenvalue weighted by molar-refractivity contribution is -0.120. The predicted octanol–water partition coefficient (Wildman–Crippen LogP) is 4.18. The largest absolute Gasteiger partial charge is 0.490 e. The molecule has 138 valence electrons. The zero-order valence-electron chi connectivity index (χ0n) is 14.9. The maximum atomic E-state index is 12.1. The summed E-state index contributed by atoms with van der Waals surface area (Å²) in [5.74, 6) is 1.49. The number of nitrogens with one attached hydrogen (secondary N) is 1. The van der Waals surface area contributed by atoms with Crippen LogP contribution in [0.2, 0.25) is 5.02 Å². The maximum Gasteiger partial charge on any atom is 0.224 e. The van der Waals surface area contributed by atoms with Gasteiger partial charge in [0.1, 0.15) is 17.5 Å². The number of aromatic nitrogens is 1. The first-order valence-electron chi connectivity index (χ1n) is 8.84. The number of nitrogens with zero attached hydrogens (tertiary/aromatic N) is 1. The Morgan fingerprint density at radius 1 is 1.26 bits per heavy atom. The van der Waals surface area contributed by atoms with Crippen molar-refractivity contribution in [3.05, 3.63) is 70.4 Å². The van der Waals surface area contributed by atoms with E-state index in [1.807, 2.05) is 36.4 Å². The molecule has 4 rings (SSSR count). The van der Waals surface area contributed by atoms with Crippen LogP contribution in [-0.2, 0) is 24.2 Å². The second-order valence-corrected chi connectivity index (χ2v) is 7.09. The van der Waals surface area contributed by atoms with Crippen LogP contribution in [0, 0.1) is 0 Å². The molecule has 0 spiro atoms. The zero-order valence-corrected chi connectivity index (χ0v) is 15.6. The summed E-state index contributed by atoms with van der Waals surface area (Å²) in [6.45, 7) is 2.36. The number of amides is 1. The molecule has 1 aliphatic heterocycles. The summed E-state index contributed by atoms with van der Waals surface area (Å²) in [7, 11) is 0. The third-order valence-corrected chi connectivity index (χ3v) is 4.88. The van der Waals surface area contributed by atoms with E-state index in [1.54, 1.807) is 6.07 Å². The van der Waals surface area contributed by atoms with Gasteiger partial charge in [-0.1, -0.05) is 35.0 Å². The summed E-state index contributed by atoms with van der Waals surface area (Å²) < 4.78 is 11.2. The Hall–Kier alpha value is -2.79. The molecular weight excluding hydrogens is 364 g/mol. The van der Waals surface area contributed by atoms with Crippen molar-refractivity contribution < 1.29 is 14.1 Å². The second kappa shape index (κ2) is 7.45. The highest BCUT2D eigenvalue weighted by Crippen LogP contribution is 2.33. The number of halogens is 1. The van der Waals surface area contributed by atoms with E-state index >= 15 is 0 Å². The highest BCUT2D eigenvalue weighted by atomic mass is 35.5. The minimum absolute atomic E-state index is 0.115. The van der Waals surface area contributed by atoms with Crippen LogP contribution in [0.25, 0.3) is 11.3 Å². The van der Waals surface area contributed by atoms with Crippen LogP contribution >= 0.6 is 11.6 Å². The maximum absolute atomic E-state index is 12.1. The van der Waals surface area contributed by atoms with Gasteiger partial charge in [-0.25, -0.2) is 0 Å². The van der Waals surface area contributed by atoms with Gasteiger partial charge >= 0.3 is 0 Å². The monoisotopic (exact) mass is 382 g/mol. The summed E-state index contributed by atoms with van der Waals surface area (Å²) in [6.07, 6.45) is 1.32. The summed E-state index contributed by atoms with van der Waals surface area (Å²) in [4.78, 5) is 12.1. The first-order valence-corrected chi connectivity index (χ1v) is 9.22.